The lowest BCUT2D eigenvalue weighted by Gasteiger charge is -2.22. The van der Waals surface area contributed by atoms with Gasteiger partial charge in [0.2, 0.25) is 0 Å². The molecule has 0 aromatic heterocycles. The normalized spacial score (nSPS) is 13.2. The average molecular weight is 301 g/mol. The fourth-order valence-corrected chi connectivity index (χ4v) is 1.98. The van der Waals surface area contributed by atoms with E-state index in [2.05, 4.69) is 0 Å². The number of hydrogen-bond acceptors (Lipinski definition) is 5. The zero-order valence-corrected chi connectivity index (χ0v) is 11.9. The Labute approximate surface area is 127 Å². The number of nitro groups is 1. The Kier molecular flexibility index (Phi) is 4.85. The van der Waals surface area contributed by atoms with Crippen LogP contribution in [0.5, 0.6) is 5.75 Å². The van der Waals surface area contributed by atoms with Crippen molar-refractivity contribution in [3.05, 3.63) is 70.3 Å². The molecule has 0 radical (unpaired) electrons. The lowest BCUT2D eigenvalue weighted by molar-refractivity contribution is -0.384. The minimum absolute atomic E-state index is 0.0840. The number of aliphatic hydroxyl groups excluding tert-OH is 1. The largest absolute Gasteiger partial charge is 0.480 e. The Hall–Kier alpha value is -2.73. The quantitative estimate of drug-likeness (QED) is 0.654. The molecule has 0 fully saturated rings. The molecule has 2 aromatic carbocycles. The van der Waals surface area contributed by atoms with Gasteiger partial charge in [-0.1, -0.05) is 18.2 Å². The highest BCUT2D eigenvalue weighted by Crippen LogP contribution is 2.24. The fourth-order valence-electron chi connectivity index (χ4n) is 1.98. The maximum absolute atomic E-state index is 11.7. The van der Waals surface area contributed by atoms with E-state index in [9.17, 15) is 20.0 Å². The summed E-state index contributed by atoms with van der Waals surface area (Å²) in [6.07, 6.45) is -2.29. The summed E-state index contributed by atoms with van der Waals surface area (Å²) in [5.41, 5.74) is 0.293. The van der Waals surface area contributed by atoms with Gasteiger partial charge in [-0.3, -0.25) is 14.9 Å². The number of ether oxygens (including phenoxy) is 1. The van der Waals surface area contributed by atoms with Crippen LogP contribution in [0.1, 0.15) is 18.6 Å². The highest BCUT2D eigenvalue weighted by Gasteiger charge is 2.27. The van der Waals surface area contributed by atoms with Crippen LogP contribution in [0, 0.1) is 10.1 Å². The molecular weight excluding hydrogens is 286 g/mol. The summed E-state index contributed by atoms with van der Waals surface area (Å²) in [5, 5.41) is 21.0. The number of aliphatic hydroxyl groups is 1. The summed E-state index contributed by atoms with van der Waals surface area (Å²) >= 11 is 0. The van der Waals surface area contributed by atoms with E-state index in [-0.39, 0.29) is 11.5 Å². The number of Topliss-reactive ketones (excluding diaryl/α,β-unsaturated/α-hetero) is 1. The number of benzene rings is 2. The van der Waals surface area contributed by atoms with Crippen LogP contribution in [-0.4, -0.2) is 21.9 Å². The molecule has 0 saturated heterocycles. The Balaban J connectivity index is 2.20. The molecule has 1 unspecified atom stereocenters. The van der Waals surface area contributed by atoms with E-state index >= 15 is 0 Å². The highest BCUT2D eigenvalue weighted by atomic mass is 16.6. The lowest BCUT2D eigenvalue weighted by Crippen LogP contribution is -2.32. The smallest absolute Gasteiger partial charge is 0.269 e. The fraction of sp³-hybridized carbons (Fsp3) is 0.188. The van der Waals surface area contributed by atoms with Gasteiger partial charge in [0, 0.05) is 12.1 Å². The molecule has 0 bridgehead atoms. The Morgan fingerprint density at radius 1 is 1.14 bits per heavy atom. The zero-order chi connectivity index (χ0) is 16.1. The van der Waals surface area contributed by atoms with Gasteiger partial charge in [0.25, 0.3) is 5.69 Å². The first-order valence-electron chi connectivity index (χ1n) is 6.63. The number of para-hydroxylation sites is 1. The van der Waals surface area contributed by atoms with Crippen LogP contribution in [-0.2, 0) is 4.79 Å². The third-order valence-corrected chi connectivity index (χ3v) is 3.14. The zero-order valence-electron chi connectivity index (χ0n) is 11.9. The predicted molar refractivity (Wildman–Crippen MR) is 79.6 cm³/mol. The molecule has 2 aromatic rings. The van der Waals surface area contributed by atoms with Gasteiger partial charge >= 0.3 is 0 Å². The van der Waals surface area contributed by atoms with Gasteiger partial charge in [0.05, 0.1) is 4.92 Å². The molecule has 0 saturated carbocycles. The molecule has 6 heteroatoms. The second-order valence-corrected chi connectivity index (χ2v) is 4.76. The Bertz CT molecular complexity index is 654. The van der Waals surface area contributed by atoms with Crippen molar-refractivity contribution in [3.8, 4) is 5.75 Å². The van der Waals surface area contributed by atoms with Crippen molar-refractivity contribution < 1.29 is 19.6 Å². The highest BCUT2D eigenvalue weighted by molar-refractivity contribution is 5.81. The summed E-state index contributed by atoms with van der Waals surface area (Å²) in [5.74, 6) is 0.123. The molecule has 0 spiro atoms. The number of non-ortho nitro benzene ring substituents is 1. The third-order valence-electron chi connectivity index (χ3n) is 3.14. The van der Waals surface area contributed by atoms with Crippen molar-refractivity contribution in [1.82, 2.24) is 0 Å². The summed E-state index contributed by atoms with van der Waals surface area (Å²) in [6.45, 7) is 1.32. The first-order valence-corrected chi connectivity index (χ1v) is 6.63. The molecule has 22 heavy (non-hydrogen) atoms. The molecule has 6 nitrogen and oxygen atoms in total. The van der Waals surface area contributed by atoms with Gasteiger partial charge < -0.3 is 9.84 Å². The average Bonchev–Trinajstić information content (AvgIpc) is 2.53. The van der Waals surface area contributed by atoms with E-state index in [4.69, 9.17) is 4.74 Å². The third kappa shape index (κ3) is 3.67. The minimum Gasteiger partial charge on any atom is -0.480 e. The van der Waals surface area contributed by atoms with Crippen molar-refractivity contribution in [2.45, 2.75) is 19.1 Å². The standard InChI is InChI=1S/C16H15NO5/c1-11(18)16(22-14-5-3-2-4-6-14)15(19)12-7-9-13(10-8-12)17(20)21/h2-10,15-16,19H,1H3/t15-,16?/m0/s1. The van der Waals surface area contributed by atoms with Crippen molar-refractivity contribution in [1.29, 1.82) is 0 Å². The van der Waals surface area contributed by atoms with Crippen LogP contribution in [0.15, 0.2) is 54.6 Å². The number of hydrogen-bond donors (Lipinski definition) is 1. The van der Waals surface area contributed by atoms with Gasteiger partial charge in [-0.2, -0.15) is 0 Å². The summed E-state index contributed by atoms with van der Waals surface area (Å²) < 4.78 is 5.54. The molecule has 2 atom stereocenters. The topological polar surface area (TPSA) is 89.7 Å². The molecule has 114 valence electrons. The SMILES string of the molecule is CC(=O)C(Oc1ccccc1)[C@@H](O)c1ccc([N+](=O)[O-])cc1. The van der Waals surface area contributed by atoms with Crippen molar-refractivity contribution in [3.63, 3.8) is 0 Å². The predicted octanol–water partition coefficient (Wildman–Crippen LogP) is 2.66. The second-order valence-electron chi connectivity index (χ2n) is 4.76. The van der Waals surface area contributed by atoms with E-state index in [1.165, 1.54) is 31.2 Å². The summed E-state index contributed by atoms with van der Waals surface area (Å²) in [4.78, 5) is 21.8. The minimum atomic E-state index is -1.21. The summed E-state index contributed by atoms with van der Waals surface area (Å²) in [7, 11) is 0. The van der Waals surface area contributed by atoms with Gasteiger partial charge in [0.15, 0.2) is 11.9 Å². The monoisotopic (exact) mass is 301 g/mol. The molecule has 0 heterocycles. The number of nitrogens with zero attached hydrogens (tertiary/aromatic N) is 1. The molecular formula is C16H15NO5. The van der Waals surface area contributed by atoms with Gasteiger partial charge in [-0.25, -0.2) is 0 Å². The Morgan fingerprint density at radius 3 is 2.23 bits per heavy atom. The number of carbonyl (C=O) groups is 1. The van der Waals surface area contributed by atoms with Gasteiger partial charge in [-0.05, 0) is 36.8 Å². The van der Waals surface area contributed by atoms with E-state index in [1.807, 2.05) is 6.07 Å². The van der Waals surface area contributed by atoms with Crippen molar-refractivity contribution in [2.24, 2.45) is 0 Å². The number of rotatable bonds is 6. The van der Waals surface area contributed by atoms with Crippen LogP contribution in [0.2, 0.25) is 0 Å². The molecule has 0 amide bonds. The Morgan fingerprint density at radius 2 is 1.73 bits per heavy atom. The molecule has 0 aliphatic carbocycles. The van der Waals surface area contributed by atoms with E-state index < -0.39 is 17.1 Å². The maximum Gasteiger partial charge on any atom is 0.269 e. The van der Waals surface area contributed by atoms with Crippen LogP contribution in [0.25, 0.3) is 0 Å². The molecule has 1 N–H and O–H groups in total. The van der Waals surface area contributed by atoms with E-state index in [1.54, 1.807) is 24.3 Å². The maximum atomic E-state index is 11.7. The number of carbonyl (C=O) groups excluding carboxylic acids is 1. The van der Waals surface area contributed by atoms with Crippen molar-refractivity contribution in [2.75, 3.05) is 0 Å². The van der Waals surface area contributed by atoms with E-state index in [0.717, 1.165) is 0 Å². The number of ketones is 1. The number of nitro benzene ring substituents is 1. The molecule has 0 aliphatic heterocycles. The van der Waals surface area contributed by atoms with Crippen molar-refractivity contribution >= 4 is 11.5 Å². The van der Waals surface area contributed by atoms with Gasteiger partial charge in [0.1, 0.15) is 11.9 Å². The van der Waals surface area contributed by atoms with Crippen LogP contribution in [0.3, 0.4) is 0 Å². The first-order chi connectivity index (χ1) is 10.5. The first kappa shape index (κ1) is 15.7. The van der Waals surface area contributed by atoms with Crippen LogP contribution in [0.4, 0.5) is 5.69 Å². The summed E-state index contributed by atoms with van der Waals surface area (Å²) in [6, 6.07) is 14.0. The van der Waals surface area contributed by atoms with Crippen LogP contribution >= 0.6 is 0 Å². The van der Waals surface area contributed by atoms with E-state index in [0.29, 0.717) is 11.3 Å². The van der Waals surface area contributed by atoms with Gasteiger partial charge in [-0.15, -0.1) is 0 Å². The second kappa shape index (κ2) is 6.82. The van der Waals surface area contributed by atoms with Crippen LogP contribution < -0.4 is 4.74 Å². The lowest BCUT2D eigenvalue weighted by atomic mass is 10.0. The molecule has 0 aliphatic rings. The molecule has 2 rings (SSSR count).